The van der Waals surface area contributed by atoms with Crippen molar-refractivity contribution in [3.05, 3.63) is 35.4 Å². The van der Waals surface area contributed by atoms with Crippen LogP contribution in [0.25, 0.3) is 0 Å². The molecule has 0 spiro atoms. The molecule has 1 aromatic carbocycles. The number of rotatable bonds is 5. The van der Waals surface area contributed by atoms with Gasteiger partial charge in [0.25, 0.3) is 10.1 Å². The van der Waals surface area contributed by atoms with Gasteiger partial charge in [0, 0.05) is 0 Å². The lowest BCUT2D eigenvalue weighted by atomic mass is 10.1. The van der Waals surface area contributed by atoms with E-state index in [-0.39, 0.29) is 11.7 Å². The van der Waals surface area contributed by atoms with E-state index in [1.807, 2.05) is 0 Å². The Morgan fingerprint density at radius 1 is 1.45 bits per heavy atom. The van der Waals surface area contributed by atoms with Crippen LogP contribution in [0.2, 0.25) is 0 Å². The number of carbonyl (C=O) groups is 1. The summed E-state index contributed by atoms with van der Waals surface area (Å²) in [5.41, 5.74) is 0.436. The number of hydrogen-bond donors (Lipinski definition) is 1. The Morgan fingerprint density at radius 2 is 2.09 bits per heavy atom. The van der Waals surface area contributed by atoms with E-state index in [0.717, 1.165) is 0 Å². The van der Waals surface area contributed by atoms with Gasteiger partial charge < -0.3 is 9.47 Å². The number of hydrogen-bond acceptors (Lipinski definition) is 5. The van der Waals surface area contributed by atoms with Crippen molar-refractivity contribution < 1.29 is 40.4 Å². The highest BCUT2D eigenvalue weighted by Crippen LogP contribution is 2.30. The van der Waals surface area contributed by atoms with Gasteiger partial charge >= 0.3 is 12.1 Å². The van der Waals surface area contributed by atoms with Crippen LogP contribution < -0.4 is 0 Å². The zero-order valence-electron chi connectivity index (χ0n) is 10.9. The molecule has 0 amide bonds. The molecule has 0 aliphatic carbocycles. The molecular weight excluding hydrogens is 329 g/mol. The molecule has 1 aliphatic heterocycles. The van der Waals surface area contributed by atoms with Crippen LogP contribution in [0.15, 0.2) is 24.3 Å². The van der Waals surface area contributed by atoms with Crippen molar-refractivity contribution in [2.24, 2.45) is 0 Å². The highest BCUT2D eigenvalue weighted by molar-refractivity contribution is 7.85. The molecule has 22 heavy (non-hydrogen) atoms. The SMILES string of the molecule is O=C(OC(CS(=O)(=O)O)C(F)(F)F)c1cccc(C2CO2)c1. The Labute approximate surface area is 123 Å². The van der Waals surface area contributed by atoms with Gasteiger partial charge in [0.15, 0.2) is 0 Å². The molecule has 1 fully saturated rings. The second-order valence-corrected chi connectivity index (χ2v) is 6.13. The topological polar surface area (TPSA) is 93.2 Å². The molecule has 10 heteroatoms. The fourth-order valence-corrected chi connectivity index (χ4v) is 2.33. The van der Waals surface area contributed by atoms with E-state index in [1.54, 1.807) is 6.07 Å². The van der Waals surface area contributed by atoms with Crippen LogP contribution in [-0.4, -0.2) is 43.6 Å². The Bertz CT molecular complexity index is 666. The molecule has 0 aromatic heterocycles. The summed E-state index contributed by atoms with van der Waals surface area (Å²) in [5.74, 6) is -3.10. The molecule has 122 valence electrons. The zero-order chi connectivity index (χ0) is 16.5. The number of esters is 1. The molecule has 1 N–H and O–H groups in total. The number of alkyl halides is 3. The van der Waals surface area contributed by atoms with Gasteiger partial charge in [-0.2, -0.15) is 21.6 Å². The van der Waals surface area contributed by atoms with E-state index in [1.165, 1.54) is 18.2 Å². The summed E-state index contributed by atoms with van der Waals surface area (Å²) < 4.78 is 76.9. The van der Waals surface area contributed by atoms with E-state index in [2.05, 4.69) is 4.74 Å². The van der Waals surface area contributed by atoms with Crippen LogP contribution >= 0.6 is 0 Å². The van der Waals surface area contributed by atoms with Crippen molar-refractivity contribution >= 4 is 16.1 Å². The van der Waals surface area contributed by atoms with Crippen LogP contribution in [0, 0.1) is 0 Å². The van der Waals surface area contributed by atoms with Gasteiger partial charge in [-0.05, 0) is 17.7 Å². The summed E-state index contributed by atoms with van der Waals surface area (Å²) in [5, 5.41) is 0. The average Bonchev–Trinajstić information content (AvgIpc) is 3.19. The summed E-state index contributed by atoms with van der Waals surface area (Å²) in [7, 11) is -4.96. The van der Waals surface area contributed by atoms with Gasteiger partial charge in [0.1, 0.15) is 11.9 Å². The molecule has 2 atom stereocenters. The summed E-state index contributed by atoms with van der Waals surface area (Å²) >= 11 is 0. The zero-order valence-corrected chi connectivity index (χ0v) is 11.7. The molecule has 1 aliphatic rings. The number of benzene rings is 1. The van der Waals surface area contributed by atoms with Gasteiger partial charge in [-0.15, -0.1) is 0 Å². The highest BCUT2D eigenvalue weighted by Gasteiger charge is 2.45. The van der Waals surface area contributed by atoms with Crippen molar-refractivity contribution in [1.29, 1.82) is 0 Å². The molecule has 2 unspecified atom stereocenters. The van der Waals surface area contributed by atoms with Crippen LogP contribution in [0.5, 0.6) is 0 Å². The molecule has 0 saturated carbocycles. The van der Waals surface area contributed by atoms with Crippen LogP contribution in [-0.2, 0) is 19.6 Å². The maximum atomic E-state index is 12.7. The fourth-order valence-electron chi connectivity index (χ4n) is 1.69. The second-order valence-electron chi connectivity index (χ2n) is 4.63. The van der Waals surface area contributed by atoms with E-state index in [9.17, 15) is 26.4 Å². The summed E-state index contributed by atoms with van der Waals surface area (Å²) in [6.07, 6.45) is -8.28. The van der Waals surface area contributed by atoms with Crippen molar-refractivity contribution in [1.82, 2.24) is 0 Å². The first-order valence-electron chi connectivity index (χ1n) is 6.01. The third-order valence-corrected chi connectivity index (χ3v) is 3.53. The van der Waals surface area contributed by atoms with Gasteiger partial charge in [-0.25, -0.2) is 4.79 Å². The molecule has 1 heterocycles. The third kappa shape index (κ3) is 4.68. The number of ether oxygens (including phenoxy) is 2. The minimum absolute atomic E-state index is 0.169. The Morgan fingerprint density at radius 3 is 2.59 bits per heavy atom. The lowest BCUT2D eigenvalue weighted by Gasteiger charge is -2.19. The van der Waals surface area contributed by atoms with Crippen molar-refractivity contribution in [2.75, 3.05) is 12.4 Å². The Kier molecular flexibility index (Phi) is 4.45. The van der Waals surface area contributed by atoms with Crippen LogP contribution in [0.3, 0.4) is 0 Å². The smallest absolute Gasteiger partial charge is 0.426 e. The Hall–Kier alpha value is -1.65. The number of halogens is 3. The van der Waals surface area contributed by atoms with Gasteiger partial charge in [0.05, 0.1) is 12.2 Å². The molecule has 0 radical (unpaired) electrons. The maximum absolute atomic E-state index is 12.7. The molecule has 1 saturated heterocycles. The second kappa shape index (κ2) is 5.86. The predicted molar refractivity (Wildman–Crippen MR) is 66.8 cm³/mol. The van der Waals surface area contributed by atoms with Crippen molar-refractivity contribution in [2.45, 2.75) is 18.4 Å². The lowest BCUT2D eigenvalue weighted by Crippen LogP contribution is -2.39. The van der Waals surface area contributed by atoms with E-state index >= 15 is 0 Å². The largest absolute Gasteiger partial charge is 0.448 e. The monoisotopic (exact) mass is 340 g/mol. The minimum Gasteiger partial charge on any atom is -0.448 e. The summed E-state index contributed by atoms with van der Waals surface area (Å²) in [6, 6.07) is 5.61. The predicted octanol–water partition coefficient (Wildman–Crippen LogP) is 1.73. The number of epoxide rings is 1. The normalized spacial score (nSPS) is 19.5. The van der Waals surface area contributed by atoms with Crippen LogP contribution in [0.4, 0.5) is 13.2 Å². The maximum Gasteiger partial charge on any atom is 0.426 e. The quantitative estimate of drug-likeness (QED) is 0.498. The van der Waals surface area contributed by atoms with E-state index in [0.29, 0.717) is 12.2 Å². The molecule has 1 aromatic rings. The summed E-state index contributed by atoms with van der Waals surface area (Å²) in [4.78, 5) is 11.7. The van der Waals surface area contributed by atoms with Crippen LogP contribution in [0.1, 0.15) is 22.0 Å². The fraction of sp³-hybridized carbons (Fsp3) is 0.417. The van der Waals surface area contributed by atoms with Gasteiger partial charge in [-0.3, -0.25) is 4.55 Å². The Balaban J connectivity index is 2.15. The van der Waals surface area contributed by atoms with Crippen molar-refractivity contribution in [3.63, 3.8) is 0 Å². The molecule has 2 rings (SSSR count). The third-order valence-electron chi connectivity index (χ3n) is 2.80. The number of carbonyl (C=O) groups excluding carboxylic acids is 1. The minimum atomic E-state index is -5.12. The standard InChI is InChI=1S/C12H11F3O6S/c13-12(14,15)10(6-22(17,18)19)21-11(16)8-3-1-2-7(4-8)9-5-20-9/h1-4,9-10H,5-6H2,(H,17,18,19). The highest BCUT2D eigenvalue weighted by atomic mass is 32.2. The first-order valence-corrected chi connectivity index (χ1v) is 7.61. The van der Waals surface area contributed by atoms with E-state index in [4.69, 9.17) is 9.29 Å². The molecular formula is C12H11F3O6S. The van der Waals surface area contributed by atoms with Crippen molar-refractivity contribution in [3.8, 4) is 0 Å². The first kappa shape index (κ1) is 16.7. The van der Waals surface area contributed by atoms with Gasteiger partial charge in [0.2, 0.25) is 6.10 Å². The molecule has 6 nitrogen and oxygen atoms in total. The molecule has 0 bridgehead atoms. The lowest BCUT2D eigenvalue weighted by molar-refractivity contribution is -0.197. The first-order chi connectivity index (χ1) is 10.1. The van der Waals surface area contributed by atoms with Gasteiger partial charge in [-0.1, -0.05) is 12.1 Å². The summed E-state index contributed by atoms with van der Waals surface area (Å²) in [6.45, 7) is 0.451. The van der Waals surface area contributed by atoms with E-state index < -0.39 is 34.1 Å². The average molecular weight is 340 g/mol.